The van der Waals surface area contributed by atoms with E-state index in [0.717, 1.165) is 12.2 Å². The van der Waals surface area contributed by atoms with Crippen molar-refractivity contribution in [3.8, 4) is 0 Å². The average molecular weight is 341 g/mol. The van der Waals surface area contributed by atoms with Gasteiger partial charge in [0.1, 0.15) is 0 Å². The molecule has 0 fully saturated rings. The monoisotopic (exact) mass is 340 g/mol. The van der Waals surface area contributed by atoms with E-state index < -0.39 is 30.6 Å². The fraction of sp³-hybridized carbons (Fsp3) is 0.667. The van der Waals surface area contributed by atoms with E-state index in [1.165, 1.54) is 0 Å². The van der Waals surface area contributed by atoms with Gasteiger partial charge in [0.15, 0.2) is 0 Å². The fourth-order valence-corrected chi connectivity index (χ4v) is 7.51. The van der Waals surface area contributed by atoms with Gasteiger partial charge in [-0.05, 0) is 11.8 Å². The summed E-state index contributed by atoms with van der Waals surface area (Å²) in [5.41, 5.74) is 0. The van der Waals surface area contributed by atoms with Gasteiger partial charge in [-0.25, -0.2) is 9.59 Å². The fourth-order valence-electron chi connectivity index (χ4n) is 2.50. The van der Waals surface area contributed by atoms with Gasteiger partial charge in [0.25, 0.3) is 0 Å². The Morgan fingerprint density at radius 2 is 1.09 bits per heavy atom. The molecule has 5 heteroatoms. The van der Waals surface area contributed by atoms with Crippen LogP contribution in [0.1, 0.15) is 55.4 Å². The highest BCUT2D eigenvalue weighted by Gasteiger charge is 2.68. The van der Waals surface area contributed by atoms with Crippen molar-refractivity contribution in [2.75, 3.05) is 0 Å². The summed E-state index contributed by atoms with van der Waals surface area (Å²) >= 11 is 0. The Labute approximate surface area is 142 Å². The molecule has 0 saturated heterocycles. The van der Waals surface area contributed by atoms with Crippen LogP contribution in [0.15, 0.2) is 25.3 Å². The Kier molecular flexibility index (Phi) is 7.03. The third kappa shape index (κ3) is 3.94. The van der Waals surface area contributed by atoms with E-state index in [9.17, 15) is 9.59 Å². The van der Waals surface area contributed by atoms with Crippen LogP contribution in [0.4, 0.5) is 0 Å². The average Bonchev–Trinajstić information content (AvgIpc) is 2.44. The highest BCUT2D eigenvalue weighted by molar-refractivity contribution is 6.76. The van der Waals surface area contributed by atoms with Crippen molar-refractivity contribution in [3.63, 3.8) is 0 Å². The standard InChI is InChI=1S/C18H32O4Si/c1-11-15(19)21-23(22-16(20)12-2,17(7,8)13(3)4)18(9,10)14(5)6/h11-14H,1-2H2,3-10H3. The van der Waals surface area contributed by atoms with Gasteiger partial charge in [-0.15, -0.1) is 0 Å². The molecular weight excluding hydrogens is 308 g/mol. The predicted molar refractivity (Wildman–Crippen MR) is 96.1 cm³/mol. The van der Waals surface area contributed by atoms with Crippen LogP contribution in [0.3, 0.4) is 0 Å². The molecule has 4 nitrogen and oxygen atoms in total. The Balaban J connectivity index is 6.56. The molecular formula is C18H32O4Si. The number of carbonyl (C=O) groups is 2. The number of rotatable bonds is 8. The van der Waals surface area contributed by atoms with Crippen molar-refractivity contribution in [1.82, 2.24) is 0 Å². The summed E-state index contributed by atoms with van der Waals surface area (Å²) in [6, 6.07) is 0. The molecule has 0 aromatic heterocycles. The maximum atomic E-state index is 12.1. The van der Waals surface area contributed by atoms with E-state index in [-0.39, 0.29) is 11.8 Å². The Morgan fingerprint density at radius 1 is 0.826 bits per heavy atom. The van der Waals surface area contributed by atoms with E-state index in [4.69, 9.17) is 8.85 Å². The first-order valence-corrected chi connectivity index (χ1v) is 9.82. The van der Waals surface area contributed by atoms with Gasteiger partial charge in [0.05, 0.1) is 0 Å². The summed E-state index contributed by atoms with van der Waals surface area (Å²) in [4.78, 5) is 24.2. The first-order chi connectivity index (χ1) is 10.3. The number of hydrogen-bond acceptors (Lipinski definition) is 4. The van der Waals surface area contributed by atoms with Crippen LogP contribution in [0.5, 0.6) is 0 Å². The van der Waals surface area contributed by atoms with E-state index in [2.05, 4.69) is 13.2 Å². The third-order valence-corrected chi connectivity index (χ3v) is 10.9. The zero-order valence-electron chi connectivity index (χ0n) is 15.9. The van der Waals surface area contributed by atoms with Crippen LogP contribution in [-0.2, 0) is 18.4 Å². The van der Waals surface area contributed by atoms with Gasteiger partial charge in [0.2, 0.25) is 0 Å². The minimum Gasteiger partial charge on any atom is -0.481 e. The molecule has 0 rings (SSSR count). The van der Waals surface area contributed by atoms with Crippen LogP contribution in [0.2, 0.25) is 10.1 Å². The normalized spacial score (nSPS) is 13.0. The number of hydrogen-bond donors (Lipinski definition) is 0. The summed E-state index contributed by atoms with van der Waals surface area (Å²) in [5, 5.41) is -1.00. The lowest BCUT2D eigenvalue weighted by molar-refractivity contribution is -0.138. The van der Waals surface area contributed by atoms with Crippen molar-refractivity contribution in [2.24, 2.45) is 11.8 Å². The summed E-state index contributed by atoms with van der Waals surface area (Å²) < 4.78 is 11.8. The highest BCUT2D eigenvalue weighted by Crippen LogP contribution is 2.59. The van der Waals surface area contributed by atoms with Crippen LogP contribution in [0.25, 0.3) is 0 Å². The second-order valence-corrected chi connectivity index (χ2v) is 11.8. The van der Waals surface area contributed by atoms with Crippen molar-refractivity contribution in [1.29, 1.82) is 0 Å². The van der Waals surface area contributed by atoms with Crippen molar-refractivity contribution < 1.29 is 18.4 Å². The summed E-state index contributed by atoms with van der Waals surface area (Å²) in [7, 11) is -3.39. The molecule has 0 unspecified atom stereocenters. The molecule has 0 aromatic carbocycles. The molecule has 0 amide bonds. The van der Waals surface area contributed by atoms with Crippen LogP contribution >= 0.6 is 0 Å². The number of carbonyl (C=O) groups excluding carboxylic acids is 2. The maximum absolute atomic E-state index is 12.1. The lowest BCUT2D eigenvalue weighted by Gasteiger charge is -2.52. The largest absolute Gasteiger partial charge is 0.481 e. The van der Waals surface area contributed by atoms with Gasteiger partial charge in [-0.3, -0.25) is 0 Å². The van der Waals surface area contributed by atoms with E-state index in [1.807, 2.05) is 55.4 Å². The second-order valence-electron chi connectivity index (χ2n) is 7.62. The van der Waals surface area contributed by atoms with Crippen LogP contribution < -0.4 is 0 Å². The summed E-state index contributed by atoms with van der Waals surface area (Å²) in [6.07, 6.45) is 2.24. The molecule has 0 radical (unpaired) electrons. The zero-order valence-corrected chi connectivity index (χ0v) is 16.9. The summed E-state index contributed by atoms with van der Waals surface area (Å²) in [5.74, 6) is -0.836. The lowest BCUT2D eigenvalue weighted by Crippen LogP contribution is -2.63. The molecule has 0 aliphatic heterocycles. The molecule has 0 bridgehead atoms. The minimum absolute atomic E-state index is 0.141. The van der Waals surface area contributed by atoms with E-state index in [1.54, 1.807) is 0 Å². The molecule has 0 spiro atoms. The molecule has 0 aliphatic carbocycles. The predicted octanol–water partition coefficient (Wildman–Crippen LogP) is 4.76. The van der Waals surface area contributed by atoms with Gasteiger partial charge in [-0.2, -0.15) is 0 Å². The molecule has 0 aliphatic rings. The molecule has 0 atom stereocenters. The van der Waals surface area contributed by atoms with Gasteiger partial charge < -0.3 is 8.85 Å². The minimum atomic E-state index is -3.39. The third-order valence-electron chi connectivity index (χ3n) is 5.41. The molecule has 0 heterocycles. The van der Waals surface area contributed by atoms with Crippen LogP contribution in [0, 0.1) is 11.8 Å². The second kappa shape index (κ2) is 7.47. The molecule has 0 saturated carbocycles. The lowest BCUT2D eigenvalue weighted by atomic mass is 9.97. The van der Waals surface area contributed by atoms with Gasteiger partial charge in [0, 0.05) is 22.2 Å². The Morgan fingerprint density at radius 3 is 1.26 bits per heavy atom. The first kappa shape index (κ1) is 21.6. The maximum Gasteiger partial charge on any atom is 0.476 e. The van der Waals surface area contributed by atoms with E-state index in [0.29, 0.717) is 0 Å². The topological polar surface area (TPSA) is 52.6 Å². The first-order valence-electron chi connectivity index (χ1n) is 8.01. The zero-order chi connectivity index (χ0) is 18.6. The highest BCUT2D eigenvalue weighted by atomic mass is 28.4. The molecule has 0 N–H and O–H groups in total. The van der Waals surface area contributed by atoms with Crippen molar-refractivity contribution in [3.05, 3.63) is 25.3 Å². The van der Waals surface area contributed by atoms with Gasteiger partial charge in [-0.1, -0.05) is 68.5 Å². The van der Waals surface area contributed by atoms with Crippen LogP contribution in [-0.4, -0.2) is 20.5 Å². The molecule has 0 aromatic rings. The quantitative estimate of drug-likeness (QED) is 0.472. The Hall–Kier alpha value is -1.36. The molecule has 132 valence electrons. The summed E-state index contributed by atoms with van der Waals surface area (Å²) in [6.45, 7) is 23.1. The SMILES string of the molecule is C=CC(=O)O[Si](OC(=O)C=C)(C(C)(C)C(C)C)C(C)(C)C(C)C. The smallest absolute Gasteiger partial charge is 0.476 e. The Bertz CT molecular complexity index is 431. The van der Waals surface area contributed by atoms with E-state index >= 15 is 0 Å². The van der Waals surface area contributed by atoms with Crippen molar-refractivity contribution in [2.45, 2.75) is 65.5 Å². The van der Waals surface area contributed by atoms with Gasteiger partial charge >= 0.3 is 20.5 Å². The molecule has 23 heavy (non-hydrogen) atoms. The van der Waals surface area contributed by atoms with Crippen molar-refractivity contribution >= 4 is 20.5 Å².